The lowest BCUT2D eigenvalue weighted by Crippen LogP contribution is -2.45. The number of methoxy groups -OCH3 is 2. The van der Waals surface area contributed by atoms with E-state index >= 15 is 0 Å². The van der Waals surface area contributed by atoms with Gasteiger partial charge in [-0.3, -0.25) is 4.79 Å². The van der Waals surface area contributed by atoms with Crippen LogP contribution in [-0.2, 0) is 18.3 Å². The molecule has 0 bridgehead atoms. The molecule has 1 atom stereocenters. The second kappa shape index (κ2) is 8.53. The molecule has 6 nitrogen and oxygen atoms in total. The van der Waals surface area contributed by atoms with Gasteiger partial charge in [0.2, 0.25) is 0 Å². The number of carbonyl (C=O) groups excluding carboxylic acids is 1. The van der Waals surface area contributed by atoms with E-state index < -0.39 is 0 Å². The number of para-hydroxylation sites is 1. The van der Waals surface area contributed by atoms with Crippen molar-refractivity contribution in [2.75, 3.05) is 20.8 Å². The highest BCUT2D eigenvalue weighted by Crippen LogP contribution is 2.38. The molecule has 1 aliphatic rings. The lowest BCUT2D eigenvalue weighted by atomic mass is 9.68. The van der Waals surface area contributed by atoms with Gasteiger partial charge in [0.05, 0.1) is 25.5 Å². The second-order valence-electron chi connectivity index (χ2n) is 7.53. The van der Waals surface area contributed by atoms with Crippen molar-refractivity contribution in [1.29, 1.82) is 0 Å². The lowest BCUT2D eigenvalue weighted by Gasteiger charge is -2.38. The Kier molecular flexibility index (Phi) is 5.65. The van der Waals surface area contributed by atoms with Gasteiger partial charge in [0, 0.05) is 18.2 Å². The number of carbonyl (C=O) groups is 1. The summed E-state index contributed by atoms with van der Waals surface area (Å²) in [7, 11) is 3.15. The molecule has 4 rings (SSSR count). The molecular weight excluding hydrogens is 378 g/mol. The Morgan fingerprint density at radius 2 is 1.83 bits per heavy atom. The zero-order valence-corrected chi connectivity index (χ0v) is 17.2. The normalized spacial score (nSPS) is 17.7. The quantitative estimate of drug-likeness (QED) is 0.683. The molecule has 1 aliphatic carbocycles. The average molecular weight is 403 g/mol. The number of rotatable bonds is 6. The summed E-state index contributed by atoms with van der Waals surface area (Å²) in [5.41, 5.74) is 3.62. The van der Waals surface area contributed by atoms with Crippen molar-refractivity contribution in [3.63, 3.8) is 0 Å². The van der Waals surface area contributed by atoms with Crippen LogP contribution in [-0.4, -0.2) is 36.6 Å². The van der Waals surface area contributed by atoms with E-state index in [1.807, 2.05) is 36.5 Å². The minimum absolute atomic E-state index is 0.139. The van der Waals surface area contributed by atoms with Crippen LogP contribution >= 0.6 is 0 Å². The summed E-state index contributed by atoms with van der Waals surface area (Å²) in [5, 5.41) is 3.15. The topological polar surface area (TPSA) is 73.3 Å². The highest BCUT2D eigenvalue weighted by molar-refractivity contribution is 5.97. The smallest absolute Gasteiger partial charge is 0.316 e. The molecule has 2 aromatic carbocycles. The Hall–Kier alpha value is -3.41. The van der Waals surface area contributed by atoms with Gasteiger partial charge in [-0.25, -0.2) is 4.98 Å². The molecule has 6 heteroatoms. The molecule has 0 aliphatic heterocycles. The predicted molar refractivity (Wildman–Crippen MR) is 114 cm³/mol. The molecule has 1 amide bonds. The zero-order chi connectivity index (χ0) is 21.0. The zero-order valence-electron chi connectivity index (χ0n) is 17.2. The maximum atomic E-state index is 12.9. The van der Waals surface area contributed by atoms with Crippen LogP contribution in [0.1, 0.15) is 33.6 Å². The van der Waals surface area contributed by atoms with Crippen LogP contribution in [0.15, 0.2) is 60.8 Å². The Morgan fingerprint density at radius 3 is 2.60 bits per heavy atom. The van der Waals surface area contributed by atoms with Gasteiger partial charge in [-0.15, -0.1) is 0 Å². The maximum Gasteiger partial charge on any atom is 0.316 e. The van der Waals surface area contributed by atoms with Gasteiger partial charge in [0.1, 0.15) is 5.75 Å². The number of amides is 1. The van der Waals surface area contributed by atoms with Crippen molar-refractivity contribution in [3.05, 3.63) is 83.2 Å². The highest BCUT2D eigenvalue weighted by Gasteiger charge is 2.37. The van der Waals surface area contributed by atoms with Gasteiger partial charge in [-0.2, -0.15) is 4.98 Å². The highest BCUT2D eigenvalue weighted by atomic mass is 16.5. The SMILES string of the molecule is COc1ncc2c(n1)CCC(CNC(=O)c1ccccc1OC)(c1ccccc1)C2. The third-order valence-corrected chi connectivity index (χ3v) is 5.81. The van der Waals surface area contributed by atoms with E-state index in [-0.39, 0.29) is 11.3 Å². The standard InChI is InChI=1S/C24H25N3O3/c1-29-21-11-7-6-10-19(21)22(28)26-16-24(18-8-4-3-5-9-18)13-12-20-17(14-24)15-25-23(27-20)30-2/h3-11,15H,12-14,16H2,1-2H3,(H,26,28). The van der Waals surface area contributed by atoms with Crippen LogP contribution in [0.3, 0.4) is 0 Å². The Bertz CT molecular complexity index is 1040. The monoisotopic (exact) mass is 403 g/mol. The molecule has 1 aromatic heterocycles. The summed E-state index contributed by atoms with van der Waals surface area (Å²) in [6.45, 7) is 0.513. The fraction of sp³-hybridized carbons (Fsp3) is 0.292. The molecule has 0 radical (unpaired) electrons. The molecule has 0 saturated heterocycles. The Balaban J connectivity index is 1.62. The first-order chi connectivity index (χ1) is 14.6. The molecule has 1 N–H and O–H groups in total. The third kappa shape index (κ3) is 3.85. The van der Waals surface area contributed by atoms with Gasteiger partial charge >= 0.3 is 6.01 Å². The summed E-state index contributed by atoms with van der Waals surface area (Å²) in [4.78, 5) is 21.8. The summed E-state index contributed by atoms with van der Waals surface area (Å²) in [6, 6.07) is 18.0. The van der Waals surface area contributed by atoms with Gasteiger partial charge in [0.25, 0.3) is 5.91 Å². The van der Waals surface area contributed by atoms with E-state index in [9.17, 15) is 4.79 Å². The predicted octanol–water partition coefficient (Wildman–Crippen LogP) is 3.35. The molecule has 0 saturated carbocycles. The second-order valence-corrected chi connectivity index (χ2v) is 7.53. The molecule has 1 heterocycles. The van der Waals surface area contributed by atoms with Crippen LogP contribution in [0.5, 0.6) is 11.8 Å². The van der Waals surface area contributed by atoms with Crippen LogP contribution < -0.4 is 14.8 Å². The van der Waals surface area contributed by atoms with Crippen LogP contribution in [0, 0.1) is 0 Å². The average Bonchev–Trinajstić information content (AvgIpc) is 2.82. The number of fused-ring (bicyclic) bond motifs is 1. The number of ether oxygens (including phenoxy) is 2. The number of hydrogen-bond acceptors (Lipinski definition) is 5. The van der Waals surface area contributed by atoms with Crippen molar-refractivity contribution in [3.8, 4) is 11.8 Å². The Labute approximate surface area is 176 Å². The summed E-state index contributed by atoms with van der Waals surface area (Å²) >= 11 is 0. The molecule has 30 heavy (non-hydrogen) atoms. The summed E-state index contributed by atoms with van der Waals surface area (Å²) in [6.07, 6.45) is 4.27. The first-order valence-corrected chi connectivity index (χ1v) is 10.0. The van der Waals surface area contributed by atoms with Gasteiger partial charge in [0.15, 0.2) is 0 Å². The van der Waals surface area contributed by atoms with E-state index in [4.69, 9.17) is 9.47 Å². The van der Waals surface area contributed by atoms with Gasteiger partial charge in [-0.1, -0.05) is 42.5 Å². The number of nitrogens with zero attached hydrogens (tertiary/aromatic N) is 2. The van der Waals surface area contributed by atoms with Crippen molar-refractivity contribution in [2.45, 2.75) is 24.7 Å². The van der Waals surface area contributed by atoms with E-state index in [2.05, 4.69) is 27.4 Å². The minimum atomic E-state index is -0.232. The van der Waals surface area contributed by atoms with Crippen LogP contribution in [0.4, 0.5) is 0 Å². The molecular formula is C24H25N3O3. The van der Waals surface area contributed by atoms with Crippen molar-refractivity contribution >= 4 is 5.91 Å². The molecule has 0 spiro atoms. The van der Waals surface area contributed by atoms with Crippen molar-refractivity contribution in [2.24, 2.45) is 0 Å². The number of aromatic nitrogens is 2. The van der Waals surface area contributed by atoms with E-state index in [1.165, 1.54) is 5.56 Å². The number of hydrogen-bond donors (Lipinski definition) is 1. The van der Waals surface area contributed by atoms with E-state index in [0.29, 0.717) is 23.9 Å². The van der Waals surface area contributed by atoms with Crippen LogP contribution in [0.2, 0.25) is 0 Å². The molecule has 3 aromatic rings. The first-order valence-electron chi connectivity index (χ1n) is 10.0. The molecule has 0 fully saturated rings. The van der Waals surface area contributed by atoms with E-state index in [0.717, 1.165) is 30.5 Å². The molecule has 1 unspecified atom stereocenters. The number of benzene rings is 2. The number of aryl methyl sites for hydroxylation is 1. The Morgan fingerprint density at radius 1 is 1.07 bits per heavy atom. The third-order valence-electron chi connectivity index (χ3n) is 5.81. The summed E-state index contributed by atoms with van der Waals surface area (Å²) < 4.78 is 10.5. The van der Waals surface area contributed by atoms with Crippen molar-refractivity contribution < 1.29 is 14.3 Å². The van der Waals surface area contributed by atoms with Gasteiger partial charge < -0.3 is 14.8 Å². The minimum Gasteiger partial charge on any atom is -0.496 e. The lowest BCUT2D eigenvalue weighted by molar-refractivity contribution is 0.0937. The fourth-order valence-corrected chi connectivity index (χ4v) is 4.16. The maximum absolute atomic E-state index is 12.9. The van der Waals surface area contributed by atoms with Crippen molar-refractivity contribution in [1.82, 2.24) is 15.3 Å². The first kappa shape index (κ1) is 19.9. The largest absolute Gasteiger partial charge is 0.496 e. The summed E-state index contributed by atoms with van der Waals surface area (Å²) in [5.74, 6) is 0.428. The van der Waals surface area contributed by atoms with E-state index in [1.54, 1.807) is 26.4 Å². The van der Waals surface area contributed by atoms with Crippen LogP contribution in [0.25, 0.3) is 0 Å². The number of nitrogens with one attached hydrogen (secondary N) is 1. The molecule has 154 valence electrons. The fourth-order valence-electron chi connectivity index (χ4n) is 4.16. The van der Waals surface area contributed by atoms with Gasteiger partial charge in [-0.05, 0) is 42.5 Å².